The minimum absolute atomic E-state index is 0. The van der Waals surface area contributed by atoms with E-state index in [-0.39, 0.29) is 35.1 Å². The van der Waals surface area contributed by atoms with Gasteiger partial charge in [-0.15, -0.1) is 11.3 Å². The SMILES string of the molecule is N#Cc1ccsc1S(=O)(=O)[O-].[Na+]. The van der Waals surface area contributed by atoms with Gasteiger partial charge < -0.3 is 4.55 Å². The Bertz CT molecular complexity index is 403. The third-order valence-corrected chi connectivity index (χ3v) is 3.26. The van der Waals surface area contributed by atoms with Gasteiger partial charge >= 0.3 is 29.6 Å². The molecule has 1 aromatic rings. The molecule has 0 radical (unpaired) electrons. The minimum atomic E-state index is -4.46. The largest absolute Gasteiger partial charge is 1.00 e. The summed E-state index contributed by atoms with van der Waals surface area (Å²) < 4.78 is 30.7. The first-order chi connectivity index (χ1) is 5.05. The zero-order valence-electron chi connectivity index (χ0n) is 6.14. The molecule has 0 aliphatic carbocycles. The topological polar surface area (TPSA) is 81.0 Å². The van der Waals surface area contributed by atoms with E-state index in [2.05, 4.69) is 0 Å². The van der Waals surface area contributed by atoms with Crippen LogP contribution in [-0.4, -0.2) is 13.0 Å². The van der Waals surface area contributed by atoms with Crippen LogP contribution < -0.4 is 29.6 Å². The average Bonchev–Trinajstić information content (AvgIpc) is 2.31. The van der Waals surface area contributed by atoms with Crippen LogP contribution in [0.5, 0.6) is 0 Å². The molecule has 1 rings (SSSR count). The van der Waals surface area contributed by atoms with Gasteiger partial charge in [0.25, 0.3) is 0 Å². The Morgan fingerprint density at radius 3 is 2.50 bits per heavy atom. The first-order valence-electron chi connectivity index (χ1n) is 2.49. The summed E-state index contributed by atoms with van der Waals surface area (Å²) in [6.07, 6.45) is 0. The van der Waals surface area contributed by atoms with Crippen molar-refractivity contribution in [2.45, 2.75) is 4.21 Å². The molecule has 0 atom stereocenters. The molecule has 1 heterocycles. The van der Waals surface area contributed by atoms with Crippen molar-refractivity contribution in [1.29, 1.82) is 5.26 Å². The second kappa shape index (κ2) is 4.37. The van der Waals surface area contributed by atoms with Crippen LogP contribution in [0.2, 0.25) is 0 Å². The first kappa shape index (κ1) is 12.1. The van der Waals surface area contributed by atoms with Gasteiger partial charge in [-0.1, -0.05) is 0 Å². The summed E-state index contributed by atoms with van der Waals surface area (Å²) in [6.45, 7) is 0. The number of rotatable bonds is 1. The van der Waals surface area contributed by atoms with Crippen LogP contribution in [0.15, 0.2) is 15.7 Å². The van der Waals surface area contributed by atoms with Crippen molar-refractivity contribution in [3.8, 4) is 6.07 Å². The maximum atomic E-state index is 10.4. The van der Waals surface area contributed by atoms with E-state index in [0.29, 0.717) is 0 Å². The van der Waals surface area contributed by atoms with Gasteiger partial charge in [0.05, 0.1) is 5.56 Å². The van der Waals surface area contributed by atoms with Crippen LogP contribution >= 0.6 is 11.3 Å². The maximum absolute atomic E-state index is 10.4. The maximum Gasteiger partial charge on any atom is 1.00 e. The van der Waals surface area contributed by atoms with Gasteiger partial charge in [0.2, 0.25) is 0 Å². The van der Waals surface area contributed by atoms with Gasteiger partial charge in [-0.25, -0.2) is 8.42 Å². The van der Waals surface area contributed by atoms with E-state index < -0.39 is 14.3 Å². The molecule has 0 unspecified atom stereocenters. The monoisotopic (exact) mass is 211 g/mol. The van der Waals surface area contributed by atoms with Gasteiger partial charge in [0, 0.05) is 0 Å². The number of hydrogen-bond acceptors (Lipinski definition) is 5. The Morgan fingerprint density at radius 2 is 2.17 bits per heavy atom. The summed E-state index contributed by atoms with van der Waals surface area (Å²) >= 11 is 0.758. The Morgan fingerprint density at radius 1 is 1.58 bits per heavy atom. The van der Waals surface area contributed by atoms with E-state index in [1.807, 2.05) is 0 Å². The smallest absolute Gasteiger partial charge is 0.743 e. The van der Waals surface area contributed by atoms with E-state index in [9.17, 15) is 13.0 Å². The van der Waals surface area contributed by atoms with Crippen LogP contribution in [0.3, 0.4) is 0 Å². The third kappa shape index (κ3) is 2.55. The molecular weight excluding hydrogens is 209 g/mol. The standard InChI is InChI=1S/C5H3NO3S2.Na/c6-3-4-1-2-10-5(4)11(7,8)9;/h1-2H,(H,7,8,9);/q;+1/p-1. The number of hydrogen-bond donors (Lipinski definition) is 0. The molecule has 4 nitrogen and oxygen atoms in total. The summed E-state index contributed by atoms with van der Waals surface area (Å²) in [5.74, 6) is 0. The summed E-state index contributed by atoms with van der Waals surface area (Å²) in [5.41, 5.74) is -0.0787. The molecule has 0 aliphatic rings. The Balaban J connectivity index is 0.00000121. The Labute approximate surface area is 95.9 Å². The summed E-state index contributed by atoms with van der Waals surface area (Å²) in [7, 11) is -4.46. The molecule has 0 N–H and O–H groups in total. The predicted molar refractivity (Wildman–Crippen MR) is 37.0 cm³/mol. The van der Waals surface area contributed by atoms with Crippen molar-refractivity contribution in [3.05, 3.63) is 17.0 Å². The molecule has 0 amide bonds. The van der Waals surface area contributed by atoms with Crippen molar-refractivity contribution in [2.24, 2.45) is 0 Å². The van der Waals surface area contributed by atoms with Gasteiger partial charge in [-0.2, -0.15) is 5.26 Å². The van der Waals surface area contributed by atoms with E-state index in [0.717, 1.165) is 11.3 Å². The van der Waals surface area contributed by atoms with Crippen molar-refractivity contribution in [3.63, 3.8) is 0 Å². The van der Waals surface area contributed by atoms with Crippen molar-refractivity contribution in [1.82, 2.24) is 0 Å². The molecule has 1 aromatic heterocycles. The number of thiophene rings is 1. The molecular formula is C5H2NNaO3S2. The van der Waals surface area contributed by atoms with Crippen LogP contribution in [0, 0.1) is 11.3 Å². The van der Waals surface area contributed by atoms with Crippen LogP contribution in [0.1, 0.15) is 5.56 Å². The predicted octanol–water partition coefficient (Wildman–Crippen LogP) is -2.47. The van der Waals surface area contributed by atoms with Crippen molar-refractivity contribution in [2.75, 3.05) is 0 Å². The second-order valence-corrected chi connectivity index (χ2v) is 4.18. The summed E-state index contributed by atoms with van der Waals surface area (Å²) in [6, 6.07) is 2.91. The molecule has 0 fully saturated rings. The third-order valence-electron chi connectivity index (χ3n) is 0.977. The Kier molecular flexibility index (Phi) is 4.40. The fourth-order valence-electron chi connectivity index (χ4n) is 0.572. The quantitative estimate of drug-likeness (QED) is 0.381. The number of nitriles is 1. The molecule has 58 valence electrons. The molecule has 0 bridgehead atoms. The minimum Gasteiger partial charge on any atom is -0.743 e. The van der Waals surface area contributed by atoms with Crippen LogP contribution in [-0.2, 0) is 10.1 Å². The molecule has 0 aliphatic heterocycles. The van der Waals surface area contributed by atoms with Crippen molar-refractivity contribution >= 4 is 21.5 Å². The van der Waals surface area contributed by atoms with E-state index >= 15 is 0 Å². The normalized spacial score (nSPS) is 10.0. The summed E-state index contributed by atoms with van der Waals surface area (Å²) in [5, 5.41) is 9.72. The first-order valence-corrected chi connectivity index (χ1v) is 4.78. The molecule has 0 aromatic carbocycles. The van der Waals surface area contributed by atoms with E-state index in [4.69, 9.17) is 5.26 Å². The second-order valence-electron chi connectivity index (χ2n) is 1.69. The van der Waals surface area contributed by atoms with Gasteiger partial charge in [-0.3, -0.25) is 0 Å². The molecule has 0 saturated heterocycles. The molecule has 0 spiro atoms. The van der Waals surface area contributed by atoms with E-state index in [1.165, 1.54) is 11.4 Å². The van der Waals surface area contributed by atoms with Gasteiger partial charge in [0.15, 0.2) is 0 Å². The van der Waals surface area contributed by atoms with Crippen molar-refractivity contribution < 1.29 is 42.5 Å². The average molecular weight is 211 g/mol. The zero-order valence-corrected chi connectivity index (χ0v) is 9.78. The summed E-state index contributed by atoms with van der Waals surface area (Å²) in [4.78, 5) is 0. The van der Waals surface area contributed by atoms with Gasteiger partial charge in [-0.05, 0) is 11.4 Å². The Hall–Kier alpha value is 0.1000. The zero-order chi connectivity index (χ0) is 8.48. The molecule has 0 saturated carbocycles. The van der Waals surface area contributed by atoms with Crippen LogP contribution in [0.25, 0.3) is 0 Å². The van der Waals surface area contributed by atoms with Crippen LogP contribution in [0.4, 0.5) is 0 Å². The molecule has 12 heavy (non-hydrogen) atoms. The number of nitrogens with zero attached hydrogens (tertiary/aromatic N) is 1. The van der Waals surface area contributed by atoms with Gasteiger partial charge in [0.1, 0.15) is 20.4 Å². The fraction of sp³-hybridized carbons (Fsp3) is 0. The van der Waals surface area contributed by atoms with E-state index in [1.54, 1.807) is 6.07 Å². The fourth-order valence-corrected chi connectivity index (χ4v) is 2.16. The molecule has 7 heteroatoms.